The topological polar surface area (TPSA) is 209 Å². The van der Waals surface area contributed by atoms with Crippen molar-refractivity contribution in [2.75, 3.05) is 93.2 Å². The number of benzene rings is 6. The predicted molar refractivity (Wildman–Crippen MR) is 332 cm³/mol. The molecule has 3 amide bonds. The van der Waals surface area contributed by atoms with E-state index in [-0.39, 0.29) is 82.7 Å². The molecule has 3 N–H and O–H groups in total. The van der Waals surface area contributed by atoms with Crippen molar-refractivity contribution in [3.8, 4) is 50.6 Å². The monoisotopic (exact) mass is 1290 g/mol. The summed E-state index contributed by atoms with van der Waals surface area (Å²) >= 11 is 19.0. The molecule has 3 aliphatic rings. The number of hydrogen-bond acceptors (Lipinski definition) is 15. The lowest BCUT2D eigenvalue weighted by Crippen LogP contribution is -2.48. The third-order valence-corrected chi connectivity index (χ3v) is 16.2. The average molecular weight is 1290 g/mol. The predicted octanol–water partition coefficient (Wildman–Crippen LogP) is 11.3. The van der Waals surface area contributed by atoms with Gasteiger partial charge in [-0.3, -0.25) is 14.4 Å². The zero-order valence-electron chi connectivity index (χ0n) is 47.3. The highest BCUT2D eigenvalue weighted by Gasteiger charge is 2.31. The van der Waals surface area contributed by atoms with Crippen LogP contribution < -0.4 is 14.7 Å². The summed E-state index contributed by atoms with van der Waals surface area (Å²) in [5, 5.41) is 31.1. The molecule has 3 aliphatic heterocycles. The highest BCUT2D eigenvalue weighted by Crippen LogP contribution is 2.45. The van der Waals surface area contributed by atoms with Gasteiger partial charge in [-0.05, 0) is 72.8 Å². The second kappa shape index (κ2) is 26.9. The van der Waals surface area contributed by atoms with Crippen LogP contribution in [0.1, 0.15) is 0 Å². The zero-order valence-corrected chi connectivity index (χ0v) is 49.6. The molecule has 27 heteroatoms. The normalized spacial score (nSPS) is 14.2. The van der Waals surface area contributed by atoms with Crippen molar-refractivity contribution in [1.82, 2.24) is 44.6 Å². The SMILES string of the molecule is C=CC(=O)N1CCN(c2ncnc3c(F)c(-c4c(O)cccc4F)c(Cl)cc23)CC1.C=CC(=O)N1CCN(c2ncnc3c(F)c(-c4c(O)cccc4F)c(Cl)cc23)CC1.C=CC(=O)N1CCN(c2ncnc3c(F)c(-c4c(O)cccc4F)c(Cl)cc23)CC1. The van der Waals surface area contributed by atoms with Gasteiger partial charge in [0.05, 0.1) is 31.8 Å². The van der Waals surface area contributed by atoms with Gasteiger partial charge in [-0.15, -0.1) is 0 Å². The molecule has 0 saturated carbocycles. The molecule has 18 nitrogen and oxygen atoms in total. The van der Waals surface area contributed by atoms with E-state index in [1.807, 2.05) is 14.7 Å². The Kier molecular flexibility index (Phi) is 18.9. The van der Waals surface area contributed by atoms with Gasteiger partial charge in [-0.2, -0.15) is 0 Å². The van der Waals surface area contributed by atoms with E-state index in [1.165, 1.54) is 91.8 Å². The van der Waals surface area contributed by atoms with Crippen molar-refractivity contribution in [2.45, 2.75) is 0 Å². The molecule has 0 spiro atoms. The van der Waals surface area contributed by atoms with Crippen molar-refractivity contribution < 1.29 is 56.0 Å². The number of halogens is 9. The third-order valence-electron chi connectivity index (χ3n) is 15.3. The van der Waals surface area contributed by atoms with Gasteiger partial charge in [0.2, 0.25) is 17.7 Å². The molecule has 90 heavy (non-hydrogen) atoms. The summed E-state index contributed by atoms with van der Waals surface area (Å²) in [4.78, 5) is 71.0. The van der Waals surface area contributed by atoms with Crippen LogP contribution in [0.25, 0.3) is 66.1 Å². The van der Waals surface area contributed by atoms with Crippen LogP contribution in [0.4, 0.5) is 43.8 Å². The molecular weight excluding hydrogens is 1240 g/mol. The summed E-state index contributed by atoms with van der Waals surface area (Å²) in [6.45, 7) is 16.2. The molecular formula is C63H51Cl3F6N12O6. The molecule has 3 aromatic heterocycles. The standard InChI is InChI=1S/3C21H17ClF2N4O2/c3*1-2-16(30)27-6-8-28(9-7-27)21-12-10-13(22)17(19(24)20(12)25-11-26-21)18-14(23)4-3-5-15(18)29/h3*2-5,10-11,29H,1,6-9H2. The van der Waals surface area contributed by atoms with E-state index < -0.39 is 52.2 Å². The number of carbonyl (C=O) groups is 3. The van der Waals surface area contributed by atoms with Gasteiger partial charge in [0.25, 0.3) is 0 Å². The second-order valence-corrected chi connectivity index (χ2v) is 21.6. The number of carbonyl (C=O) groups excluding carboxylic acids is 3. The van der Waals surface area contributed by atoms with Crippen LogP contribution in [0.5, 0.6) is 17.2 Å². The van der Waals surface area contributed by atoms with Gasteiger partial charge < -0.3 is 44.7 Å². The summed E-state index contributed by atoms with van der Waals surface area (Å²) in [6.07, 6.45) is 7.47. The third kappa shape index (κ3) is 12.4. The molecule has 0 unspecified atom stereocenters. The summed E-state index contributed by atoms with van der Waals surface area (Å²) < 4.78 is 89.2. The number of phenols is 3. The van der Waals surface area contributed by atoms with E-state index in [2.05, 4.69) is 49.6 Å². The zero-order chi connectivity index (χ0) is 64.2. The molecule has 12 rings (SSSR count). The van der Waals surface area contributed by atoms with Crippen LogP contribution in [0.2, 0.25) is 15.1 Å². The fourth-order valence-corrected chi connectivity index (χ4v) is 11.7. The first-order valence-electron chi connectivity index (χ1n) is 27.6. The van der Waals surface area contributed by atoms with E-state index in [0.717, 1.165) is 18.2 Å². The highest BCUT2D eigenvalue weighted by molar-refractivity contribution is 6.35. The smallest absolute Gasteiger partial charge is 0.246 e. The molecule has 0 bridgehead atoms. The Hall–Kier alpha value is -9.78. The number of anilines is 3. The second-order valence-electron chi connectivity index (χ2n) is 20.4. The minimum absolute atomic E-state index is 0.0355. The molecule has 6 heterocycles. The summed E-state index contributed by atoms with van der Waals surface area (Å²) in [5.41, 5.74) is -1.84. The van der Waals surface area contributed by atoms with E-state index in [9.17, 15) is 42.9 Å². The number of piperazine rings is 3. The average Bonchev–Trinajstić information content (AvgIpc) is 0.857. The Morgan fingerprint density at radius 2 is 0.633 bits per heavy atom. The van der Waals surface area contributed by atoms with Crippen LogP contribution in [-0.4, -0.2) is 156 Å². The molecule has 6 aromatic carbocycles. The summed E-state index contributed by atoms with van der Waals surface area (Å²) in [5.74, 6) is -5.24. The fraction of sp³-hybridized carbons (Fsp3) is 0.190. The first-order chi connectivity index (χ1) is 43.3. The van der Waals surface area contributed by atoms with Crippen molar-refractivity contribution in [3.05, 3.63) is 180 Å². The van der Waals surface area contributed by atoms with Gasteiger partial charge in [0, 0.05) is 111 Å². The number of nitrogens with zero attached hydrogens (tertiary/aromatic N) is 12. The lowest BCUT2D eigenvalue weighted by molar-refractivity contribution is -0.127. The maximum absolute atomic E-state index is 15.4. The number of aromatic hydroxyl groups is 3. The van der Waals surface area contributed by atoms with Gasteiger partial charge >= 0.3 is 0 Å². The number of aromatic nitrogens is 6. The maximum Gasteiger partial charge on any atom is 0.246 e. The number of hydrogen-bond donors (Lipinski definition) is 3. The first-order valence-corrected chi connectivity index (χ1v) is 28.7. The minimum atomic E-state index is -0.845. The number of phenolic OH excluding ortho intramolecular Hbond substituents is 3. The fourth-order valence-electron chi connectivity index (χ4n) is 10.9. The first kappa shape index (κ1) is 63.2. The van der Waals surface area contributed by atoms with Gasteiger partial charge in [0.1, 0.15) is 87.7 Å². The Morgan fingerprint density at radius 1 is 0.389 bits per heavy atom. The summed E-state index contributed by atoms with van der Waals surface area (Å²) in [7, 11) is 0. The quantitative estimate of drug-likeness (QED) is 0.0907. The Bertz CT molecular complexity index is 3860. The van der Waals surface area contributed by atoms with Crippen LogP contribution >= 0.6 is 34.8 Å². The van der Waals surface area contributed by atoms with Crippen molar-refractivity contribution in [2.24, 2.45) is 0 Å². The highest BCUT2D eigenvalue weighted by atomic mass is 35.5. The largest absolute Gasteiger partial charge is 0.507 e. The van der Waals surface area contributed by atoms with Gasteiger partial charge in [-0.25, -0.2) is 56.2 Å². The Balaban J connectivity index is 0.000000148. The van der Waals surface area contributed by atoms with Crippen LogP contribution in [0.3, 0.4) is 0 Å². The van der Waals surface area contributed by atoms with E-state index >= 15 is 13.2 Å². The maximum atomic E-state index is 15.4. The lowest BCUT2D eigenvalue weighted by Gasteiger charge is -2.35. The molecule has 9 aromatic rings. The molecule has 0 radical (unpaired) electrons. The summed E-state index contributed by atoms with van der Waals surface area (Å²) in [6, 6.07) is 15.5. The van der Waals surface area contributed by atoms with Gasteiger partial charge in [0.15, 0.2) is 17.5 Å². The molecule has 0 aliphatic carbocycles. The van der Waals surface area contributed by atoms with Crippen LogP contribution in [-0.2, 0) is 14.4 Å². The van der Waals surface area contributed by atoms with Crippen LogP contribution in [0.15, 0.2) is 130 Å². The van der Waals surface area contributed by atoms with E-state index in [1.54, 1.807) is 14.7 Å². The molecule has 3 fully saturated rings. The molecule has 3 saturated heterocycles. The number of amides is 3. The molecule has 462 valence electrons. The lowest BCUT2D eigenvalue weighted by atomic mass is 10.0. The van der Waals surface area contributed by atoms with Crippen molar-refractivity contribution in [1.29, 1.82) is 0 Å². The van der Waals surface area contributed by atoms with E-state index in [0.29, 0.717) is 112 Å². The van der Waals surface area contributed by atoms with E-state index in [4.69, 9.17) is 34.8 Å². The van der Waals surface area contributed by atoms with Crippen LogP contribution in [0, 0.1) is 34.9 Å². The van der Waals surface area contributed by atoms with Crippen molar-refractivity contribution in [3.63, 3.8) is 0 Å². The number of rotatable bonds is 9. The van der Waals surface area contributed by atoms with Gasteiger partial charge in [-0.1, -0.05) is 72.7 Å². The molecule has 0 atom stereocenters. The minimum Gasteiger partial charge on any atom is -0.507 e. The number of fused-ring (bicyclic) bond motifs is 3. The Labute approximate surface area is 524 Å². The Morgan fingerprint density at radius 3 is 0.856 bits per heavy atom. The van der Waals surface area contributed by atoms with Crippen molar-refractivity contribution >= 4 is 103 Å².